The van der Waals surface area contributed by atoms with Crippen LogP contribution in [0.4, 0.5) is 5.69 Å². The van der Waals surface area contributed by atoms with Gasteiger partial charge in [0.2, 0.25) is 5.16 Å². The number of amides is 1. The lowest BCUT2D eigenvalue weighted by Gasteiger charge is -2.09. The third-order valence-corrected chi connectivity index (χ3v) is 3.73. The van der Waals surface area contributed by atoms with Gasteiger partial charge in [-0.05, 0) is 47.0 Å². The molecular weight excluding hydrogens is 326 g/mol. The molecule has 0 saturated heterocycles. The third-order valence-electron chi connectivity index (χ3n) is 3.11. The fourth-order valence-electron chi connectivity index (χ4n) is 2.05. The largest absolute Gasteiger partial charge is 0.484 e. The van der Waals surface area contributed by atoms with Crippen molar-refractivity contribution in [2.75, 3.05) is 18.2 Å². The molecule has 3 aromatic rings. The molecule has 0 spiro atoms. The van der Waals surface area contributed by atoms with Gasteiger partial charge in [-0.3, -0.25) is 4.79 Å². The van der Waals surface area contributed by atoms with E-state index in [9.17, 15) is 4.79 Å². The van der Waals surface area contributed by atoms with Crippen LogP contribution in [0.25, 0.3) is 5.69 Å². The highest BCUT2D eigenvalue weighted by molar-refractivity contribution is 7.98. The fourth-order valence-corrected chi connectivity index (χ4v) is 2.48. The van der Waals surface area contributed by atoms with Gasteiger partial charge < -0.3 is 10.1 Å². The SMILES string of the molecule is CSc1nnnn1-c1cccc(NC(=O)COc2ccccc2)c1. The first-order valence-corrected chi connectivity index (χ1v) is 8.39. The molecule has 1 aromatic heterocycles. The van der Waals surface area contributed by atoms with E-state index in [1.54, 1.807) is 28.9 Å². The zero-order chi connectivity index (χ0) is 16.8. The van der Waals surface area contributed by atoms with Crippen molar-refractivity contribution in [1.82, 2.24) is 20.2 Å². The van der Waals surface area contributed by atoms with Crippen LogP contribution in [0.1, 0.15) is 0 Å². The van der Waals surface area contributed by atoms with Crippen LogP contribution < -0.4 is 10.1 Å². The minimum absolute atomic E-state index is 0.0603. The second-order valence-electron chi connectivity index (χ2n) is 4.78. The van der Waals surface area contributed by atoms with Gasteiger partial charge in [-0.15, -0.1) is 5.10 Å². The van der Waals surface area contributed by atoms with Gasteiger partial charge in [0, 0.05) is 5.69 Å². The molecular formula is C16H15N5O2S. The third kappa shape index (κ3) is 3.90. The molecule has 8 heteroatoms. The molecule has 0 bridgehead atoms. The zero-order valence-corrected chi connectivity index (χ0v) is 13.7. The number of ether oxygens (including phenoxy) is 1. The molecule has 0 fully saturated rings. The number of carbonyl (C=O) groups is 1. The van der Waals surface area contributed by atoms with E-state index in [1.807, 2.05) is 36.6 Å². The van der Waals surface area contributed by atoms with E-state index >= 15 is 0 Å². The van der Waals surface area contributed by atoms with Crippen LogP contribution in [0.2, 0.25) is 0 Å². The highest BCUT2D eigenvalue weighted by atomic mass is 32.2. The van der Waals surface area contributed by atoms with Crippen LogP contribution in [-0.2, 0) is 4.79 Å². The van der Waals surface area contributed by atoms with Crippen molar-refractivity contribution in [3.63, 3.8) is 0 Å². The van der Waals surface area contributed by atoms with Gasteiger partial charge in [0.05, 0.1) is 5.69 Å². The Morgan fingerprint density at radius 3 is 2.83 bits per heavy atom. The number of benzene rings is 2. The molecule has 3 rings (SSSR count). The number of anilines is 1. The maximum Gasteiger partial charge on any atom is 0.262 e. The molecule has 0 aliphatic carbocycles. The number of nitrogens with zero attached hydrogens (tertiary/aromatic N) is 4. The molecule has 0 unspecified atom stereocenters. The molecule has 0 aliphatic heterocycles. The molecule has 122 valence electrons. The van der Waals surface area contributed by atoms with Crippen LogP contribution in [0.5, 0.6) is 5.75 Å². The fraction of sp³-hybridized carbons (Fsp3) is 0.125. The molecule has 1 N–H and O–H groups in total. The molecule has 7 nitrogen and oxygen atoms in total. The van der Waals surface area contributed by atoms with E-state index in [0.29, 0.717) is 16.6 Å². The number of hydrogen-bond donors (Lipinski definition) is 1. The summed E-state index contributed by atoms with van der Waals surface area (Å²) in [6.45, 7) is -0.0603. The second kappa shape index (κ2) is 7.60. The summed E-state index contributed by atoms with van der Waals surface area (Å²) in [5.74, 6) is 0.414. The monoisotopic (exact) mass is 341 g/mol. The number of nitrogens with one attached hydrogen (secondary N) is 1. The highest BCUT2D eigenvalue weighted by Gasteiger charge is 2.09. The van der Waals surface area contributed by atoms with Crippen molar-refractivity contribution >= 4 is 23.4 Å². The number of rotatable bonds is 6. The van der Waals surface area contributed by atoms with Crippen molar-refractivity contribution in [2.45, 2.75) is 5.16 Å². The molecule has 0 aliphatic rings. The molecule has 1 amide bonds. The quantitative estimate of drug-likeness (QED) is 0.693. The Morgan fingerprint density at radius 2 is 2.04 bits per heavy atom. The lowest BCUT2D eigenvalue weighted by atomic mass is 10.3. The van der Waals surface area contributed by atoms with Gasteiger partial charge in [0.1, 0.15) is 5.75 Å². The molecule has 0 saturated carbocycles. The molecule has 0 radical (unpaired) electrons. The van der Waals surface area contributed by atoms with Crippen molar-refractivity contribution in [3.05, 3.63) is 54.6 Å². The highest BCUT2D eigenvalue weighted by Crippen LogP contribution is 2.18. The first kappa shape index (κ1) is 16.0. The summed E-state index contributed by atoms with van der Waals surface area (Å²) in [5.41, 5.74) is 1.42. The zero-order valence-electron chi connectivity index (χ0n) is 12.9. The first-order valence-electron chi connectivity index (χ1n) is 7.17. The van der Waals surface area contributed by atoms with E-state index in [1.165, 1.54) is 11.8 Å². The Balaban J connectivity index is 1.65. The van der Waals surface area contributed by atoms with Crippen LogP contribution in [0.15, 0.2) is 59.8 Å². The number of aromatic nitrogens is 4. The van der Waals surface area contributed by atoms with Crippen molar-refractivity contribution in [3.8, 4) is 11.4 Å². The normalized spacial score (nSPS) is 10.4. The summed E-state index contributed by atoms with van der Waals surface area (Å²) >= 11 is 1.44. The summed E-state index contributed by atoms with van der Waals surface area (Å²) in [6.07, 6.45) is 1.90. The van der Waals surface area contributed by atoms with Crippen LogP contribution >= 0.6 is 11.8 Å². The molecule has 24 heavy (non-hydrogen) atoms. The van der Waals surface area contributed by atoms with Gasteiger partial charge in [0.15, 0.2) is 6.61 Å². The predicted octanol–water partition coefficient (Wildman–Crippen LogP) is 2.40. The van der Waals surface area contributed by atoms with Crippen LogP contribution in [-0.4, -0.2) is 39.0 Å². The average molecular weight is 341 g/mol. The smallest absolute Gasteiger partial charge is 0.262 e. The maximum absolute atomic E-state index is 12.0. The van der Waals surface area contributed by atoms with Crippen LogP contribution in [0, 0.1) is 0 Å². The summed E-state index contributed by atoms with van der Waals surface area (Å²) in [4.78, 5) is 12.0. The van der Waals surface area contributed by atoms with E-state index in [-0.39, 0.29) is 12.5 Å². The van der Waals surface area contributed by atoms with Crippen molar-refractivity contribution in [1.29, 1.82) is 0 Å². The summed E-state index contributed by atoms with van der Waals surface area (Å²) in [7, 11) is 0. The summed E-state index contributed by atoms with van der Waals surface area (Å²) in [5, 5.41) is 15.0. The first-order chi connectivity index (χ1) is 11.8. The Kier molecular flexibility index (Phi) is 5.07. The van der Waals surface area contributed by atoms with E-state index in [0.717, 1.165) is 5.69 Å². The van der Waals surface area contributed by atoms with E-state index in [2.05, 4.69) is 20.8 Å². The number of carbonyl (C=O) groups excluding carboxylic acids is 1. The Labute approximate surface area is 143 Å². The van der Waals surface area contributed by atoms with Crippen molar-refractivity contribution < 1.29 is 9.53 Å². The Hall–Kier alpha value is -2.87. The lowest BCUT2D eigenvalue weighted by Crippen LogP contribution is -2.20. The van der Waals surface area contributed by atoms with Gasteiger partial charge >= 0.3 is 0 Å². The maximum atomic E-state index is 12.0. The van der Waals surface area contributed by atoms with E-state index < -0.39 is 0 Å². The van der Waals surface area contributed by atoms with Gasteiger partial charge in [0.25, 0.3) is 5.91 Å². The molecule has 0 atom stereocenters. The Bertz CT molecular complexity index is 822. The van der Waals surface area contributed by atoms with Crippen LogP contribution in [0.3, 0.4) is 0 Å². The minimum Gasteiger partial charge on any atom is -0.484 e. The van der Waals surface area contributed by atoms with Gasteiger partial charge in [-0.2, -0.15) is 4.68 Å². The number of hydrogen-bond acceptors (Lipinski definition) is 6. The molecule has 1 heterocycles. The standard InChI is InChI=1S/C16H15N5O2S/c1-24-16-18-19-20-21(16)13-7-5-6-12(10-13)17-15(22)11-23-14-8-3-2-4-9-14/h2-10H,11H2,1H3,(H,17,22). The summed E-state index contributed by atoms with van der Waals surface area (Å²) in [6, 6.07) is 16.5. The van der Waals surface area contributed by atoms with Gasteiger partial charge in [-0.1, -0.05) is 36.0 Å². The van der Waals surface area contributed by atoms with Gasteiger partial charge in [-0.25, -0.2) is 0 Å². The predicted molar refractivity (Wildman–Crippen MR) is 91.5 cm³/mol. The lowest BCUT2D eigenvalue weighted by molar-refractivity contribution is -0.118. The minimum atomic E-state index is -0.238. The molecule has 2 aromatic carbocycles. The number of thioether (sulfide) groups is 1. The number of para-hydroxylation sites is 1. The number of tetrazole rings is 1. The average Bonchev–Trinajstić information content (AvgIpc) is 3.10. The van der Waals surface area contributed by atoms with Crippen molar-refractivity contribution in [2.24, 2.45) is 0 Å². The van der Waals surface area contributed by atoms with E-state index in [4.69, 9.17) is 4.74 Å². The Morgan fingerprint density at radius 1 is 1.21 bits per heavy atom. The summed E-state index contributed by atoms with van der Waals surface area (Å²) < 4.78 is 7.04. The second-order valence-corrected chi connectivity index (χ2v) is 5.55. The topological polar surface area (TPSA) is 81.9 Å².